The van der Waals surface area contributed by atoms with E-state index >= 15 is 0 Å². The normalized spacial score (nSPS) is 22.1. The van der Waals surface area contributed by atoms with Crippen molar-refractivity contribution in [2.75, 3.05) is 11.5 Å². The van der Waals surface area contributed by atoms with E-state index in [1.165, 1.54) is 5.32 Å². The smallest absolute Gasteiger partial charge is 0.422 e. The maximum atomic E-state index is 12.7. The van der Waals surface area contributed by atoms with Crippen molar-refractivity contribution in [3.05, 3.63) is 0 Å². The molecule has 122 valence electrons. The molecule has 3 N–H and O–H groups in total. The fourth-order valence-electron chi connectivity index (χ4n) is 1.73. The predicted octanol–water partition coefficient (Wildman–Crippen LogP) is 0.268. The lowest BCUT2D eigenvalue weighted by atomic mass is 10.0. The van der Waals surface area contributed by atoms with E-state index in [-0.39, 0.29) is 24.3 Å². The molecule has 7 nitrogen and oxygen atoms in total. The molecule has 1 saturated heterocycles. The van der Waals surface area contributed by atoms with Gasteiger partial charge in [-0.2, -0.15) is 13.2 Å². The Morgan fingerprint density at radius 1 is 1.19 bits per heavy atom. The molecule has 1 aliphatic rings. The Morgan fingerprint density at radius 3 is 2.05 bits per heavy atom. The molecule has 11 heteroatoms. The number of aliphatic carboxylic acids is 1. The van der Waals surface area contributed by atoms with Crippen molar-refractivity contribution in [3.8, 4) is 0 Å². The standard InChI is InChI=1S/C10H15F3N2O5S/c1-9(7(16)17,10(11,12)13)15-8(18)14-6-2-4-21(19,20)5-3-6/h6H,2-5H2,1H3,(H,16,17)(H2,14,15,18). The van der Waals surface area contributed by atoms with Gasteiger partial charge in [0.15, 0.2) is 0 Å². The van der Waals surface area contributed by atoms with Gasteiger partial charge in [0.05, 0.1) is 11.5 Å². The molecule has 1 heterocycles. The molecule has 1 atom stereocenters. The molecule has 0 aromatic heterocycles. The van der Waals surface area contributed by atoms with E-state index in [9.17, 15) is 31.2 Å². The maximum Gasteiger partial charge on any atom is 0.422 e. The van der Waals surface area contributed by atoms with E-state index < -0.39 is 39.6 Å². The monoisotopic (exact) mass is 332 g/mol. The molecular weight excluding hydrogens is 317 g/mol. The first kappa shape index (κ1) is 17.5. The van der Waals surface area contributed by atoms with Crippen molar-refractivity contribution in [1.82, 2.24) is 10.6 Å². The Morgan fingerprint density at radius 2 is 1.67 bits per heavy atom. The Kier molecular flexibility index (Phi) is 4.76. The van der Waals surface area contributed by atoms with Gasteiger partial charge in [-0.25, -0.2) is 18.0 Å². The SMILES string of the molecule is CC(NC(=O)NC1CCS(=O)(=O)CC1)(C(=O)O)C(F)(F)F. The van der Waals surface area contributed by atoms with Crippen molar-refractivity contribution in [3.63, 3.8) is 0 Å². The highest BCUT2D eigenvalue weighted by atomic mass is 32.2. The number of hydrogen-bond acceptors (Lipinski definition) is 4. The topological polar surface area (TPSA) is 113 Å². The molecular formula is C10H15F3N2O5S. The number of carboxylic acids is 1. The van der Waals surface area contributed by atoms with Crippen LogP contribution < -0.4 is 10.6 Å². The van der Waals surface area contributed by atoms with E-state index in [4.69, 9.17) is 5.11 Å². The molecule has 0 bridgehead atoms. The minimum absolute atomic E-state index is 0.0750. The summed E-state index contributed by atoms with van der Waals surface area (Å²) in [7, 11) is -3.17. The van der Waals surface area contributed by atoms with Crippen LogP contribution in [0.15, 0.2) is 0 Å². The van der Waals surface area contributed by atoms with Gasteiger partial charge in [0.1, 0.15) is 9.84 Å². The maximum absolute atomic E-state index is 12.7. The number of carbonyl (C=O) groups is 2. The average molecular weight is 332 g/mol. The molecule has 1 fully saturated rings. The third-order valence-electron chi connectivity index (χ3n) is 3.25. The second-order valence-corrected chi connectivity index (χ2v) is 7.26. The van der Waals surface area contributed by atoms with Crippen LogP contribution in [0.4, 0.5) is 18.0 Å². The summed E-state index contributed by atoms with van der Waals surface area (Å²) in [6.45, 7) is 0.334. The van der Waals surface area contributed by atoms with Gasteiger partial charge in [-0.1, -0.05) is 0 Å². The third-order valence-corrected chi connectivity index (χ3v) is 4.96. The summed E-state index contributed by atoms with van der Waals surface area (Å²) in [6, 6.07) is -1.92. The van der Waals surface area contributed by atoms with Crippen molar-refractivity contribution in [2.24, 2.45) is 0 Å². The lowest BCUT2D eigenvalue weighted by molar-refractivity contribution is -0.203. The Balaban J connectivity index is 2.67. The number of carboxylic acid groups (broad SMARTS) is 1. The van der Waals surface area contributed by atoms with E-state index in [1.807, 2.05) is 0 Å². The summed E-state index contributed by atoms with van der Waals surface area (Å²) in [5.41, 5.74) is -3.42. The molecule has 0 aliphatic carbocycles. The van der Waals surface area contributed by atoms with Crippen LogP contribution >= 0.6 is 0 Å². The minimum Gasteiger partial charge on any atom is -0.479 e. The number of nitrogens with one attached hydrogen (secondary N) is 2. The van der Waals surface area contributed by atoms with E-state index in [1.54, 1.807) is 0 Å². The van der Waals surface area contributed by atoms with Crippen molar-refractivity contribution < 1.29 is 36.3 Å². The molecule has 21 heavy (non-hydrogen) atoms. The molecule has 0 saturated carbocycles. The van der Waals surface area contributed by atoms with Gasteiger partial charge in [0.25, 0.3) is 0 Å². The number of rotatable bonds is 3. The minimum atomic E-state index is -5.17. The van der Waals surface area contributed by atoms with Gasteiger partial charge in [-0.3, -0.25) is 0 Å². The average Bonchev–Trinajstić information content (AvgIpc) is 2.30. The summed E-state index contributed by atoms with van der Waals surface area (Å²) >= 11 is 0. The zero-order valence-corrected chi connectivity index (χ0v) is 11.8. The van der Waals surface area contributed by atoms with Crippen LogP contribution in [0.3, 0.4) is 0 Å². The molecule has 2 amide bonds. The highest BCUT2D eigenvalue weighted by Crippen LogP contribution is 2.30. The largest absolute Gasteiger partial charge is 0.479 e. The number of urea groups is 1. The van der Waals surface area contributed by atoms with Crippen LogP contribution in [0.2, 0.25) is 0 Å². The van der Waals surface area contributed by atoms with Crippen LogP contribution in [0.1, 0.15) is 19.8 Å². The van der Waals surface area contributed by atoms with Crippen LogP contribution in [0.25, 0.3) is 0 Å². The Hall–Kier alpha value is -1.52. The van der Waals surface area contributed by atoms with Gasteiger partial charge in [0, 0.05) is 6.04 Å². The number of halogens is 3. The number of hydrogen-bond donors (Lipinski definition) is 3. The van der Waals surface area contributed by atoms with E-state index in [2.05, 4.69) is 5.32 Å². The highest BCUT2D eigenvalue weighted by molar-refractivity contribution is 7.91. The molecule has 1 aliphatic heterocycles. The molecule has 0 radical (unpaired) electrons. The number of sulfone groups is 1. The predicted molar refractivity (Wildman–Crippen MR) is 65.4 cm³/mol. The van der Waals surface area contributed by atoms with E-state index in [0.29, 0.717) is 6.92 Å². The first-order valence-corrected chi connectivity index (χ1v) is 7.79. The first-order chi connectivity index (χ1) is 9.37. The summed E-state index contributed by atoms with van der Waals surface area (Å²) < 4.78 is 60.4. The summed E-state index contributed by atoms with van der Waals surface area (Å²) in [5.74, 6) is -2.59. The molecule has 0 aromatic carbocycles. The zero-order valence-electron chi connectivity index (χ0n) is 11.0. The summed E-state index contributed by atoms with van der Waals surface area (Å²) in [6.07, 6.45) is -5.02. The quantitative estimate of drug-likeness (QED) is 0.687. The first-order valence-electron chi connectivity index (χ1n) is 5.96. The van der Waals surface area contributed by atoms with Crippen LogP contribution in [0.5, 0.6) is 0 Å². The van der Waals surface area contributed by atoms with Gasteiger partial charge in [-0.15, -0.1) is 0 Å². The number of amides is 2. The lowest BCUT2D eigenvalue weighted by Crippen LogP contribution is -2.64. The fourth-order valence-corrected chi connectivity index (χ4v) is 3.22. The summed E-state index contributed by atoms with van der Waals surface area (Å²) in [5, 5.41) is 12.2. The van der Waals surface area contributed by atoms with Crippen molar-refractivity contribution in [1.29, 1.82) is 0 Å². The molecule has 0 aromatic rings. The Bertz CT molecular complexity index is 519. The third kappa shape index (κ3) is 4.22. The highest BCUT2D eigenvalue weighted by Gasteiger charge is 2.58. The zero-order chi connectivity index (χ0) is 16.5. The number of alkyl halides is 3. The van der Waals surface area contributed by atoms with Crippen molar-refractivity contribution in [2.45, 2.75) is 37.5 Å². The van der Waals surface area contributed by atoms with Crippen molar-refractivity contribution >= 4 is 21.8 Å². The Labute approximate surface area is 118 Å². The van der Waals surface area contributed by atoms with Crippen LogP contribution in [0, 0.1) is 0 Å². The molecule has 1 rings (SSSR count). The van der Waals surface area contributed by atoms with Crippen LogP contribution in [-0.2, 0) is 14.6 Å². The second-order valence-electron chi connectivity index (χ2n) is 4.95. The van der Waals surface area contributed by atoms with Gasteiger partial charge >= 0.3 is 18.2 Å². The molecule has 1 unspecified atom stereocenters. The fraction of sp³-hybridized carbons (Fsp3) is 0.800. The van der Waals surface area contributed by atoms with E-state index in [0.717, 1.165) is 0 Å². The second kappa shape index (κ2) is 5.70. The number of carbonyl (C=O) groups excluding carboxylic acids is 1. The molecule has 0 spiro atoms. The van der Waals surface area contributed by atoms with Gasteiger partial charge < -0.3 is 15.7 Å². The van der Waals surface area contributed by atoms with Gasteiger partial charge in [-0.05, 0) is 19.8 Å². The summed E-state index contributed by atoms with van der Waals surface area (Å²) in [4.78, 5) is 22.2. The van der Waals surface area contributed by atoms with Crippen LogP contribution in [-0.4, -0.2) is 54.8 Å². The van der Waals surface area contributed by atoms with Gasteiger partial charge in [0.2, 0.25) is 5.54 Å². The lowest BCUT2D eigenvalue weighted by Gasteiger charge is -2.30.